The zero-order valence-electron chi connectivity index (χ0n) is 10.8. The van der Waals surface area contributed by atoms with Gasteiger partial charge in [-0.3, -0.25) is 4.79 Å². The van der Waals surface area contributed by atoms with E-state index >= 15 is 0 Å². The predicted octanol–water partition coefficient (Wildman–Crippen LogP) is 2.94. The van der Waals surface area contributed by atoms with Gasteiger partial charge < -0.3 is 5.11 Å². The number of carboxylic acid groups (broad SMARTS) is 1. The highest BCUT2D eigenvalue weighted by atomic mass is 32.2. The SMILES string of the molecule is Cc1nc(-c2ccccc2)nc(SCC(=O)O)c1C. The van der Waals surface area contributed by atoms with E-state index in [0.717, 1.165) is 21.8 Å². The Labute approximate surface area is 115 Å². The van der Waals surface area contributed by atoms with Gasteiger partial charge in [0, 0.05) is 16.8 Å². The minimum absolute atomic E-state index is 0.00548. The number of aryl methyl sites for hydroxylation is 1. The molecule has 0 bridgehead atoms. The number of aromatic nitrogens is 2. The van der Waals surface area contributed by atoms with Crippen LogP contribution in [0.4, 0.5) is 0 Å². The van der Waals surface area contributed by atoms with E-state index in [1.54, 1.807) is 0 Å². The molecule has 1 heterocycles. The van der Waals surface area contributed by atoms with Crippen molar-refractivity contribution < 1.29 is 9.90 Å². The van der Waals surface area contributed by atoms with Gasteiger partial charge in [-0.05, 0) is 13.8 Å². The molecule has 1 N–H and O–H groups in total. The van der Waals surface area contributed by atoms with Crippen LogP contribution in [0.15, 0.2) is 35.4 Å². The monoisotopic (exact) mass is 274 g/mol. The molecule has 1 aromatic carbocycles. The van der Waals surface area contributed by atoms with Crippen LogP contribution in [0.5, 0.6) is 0 Å². The summed E-state index contributed by atoms with van der Waals surface area (Å²) in [5, 5.41) is 9.49. The first-order valence-electron chi connectivity index (χ1n) is 5.83. The van der Waals surface area contributed by atoms with Crippen LogP contribution in [0.3, 0.4) is 0 Å². The summed E-state index contributed by atoms with van der Waals surface area (Å²) in [6, 6.07) is 9.67. The molecular formula is C14H14N2O2S. The molecular weight excluding hydrogens is 260 g/mol. The molecule has 2 rings (SSSR count). The van der Waals surface area contributed by atoms with Gasteiger partial charge in [-0.15, -0.1) is 0 Å². The maximum atomic E-state index is 10.7. The average Bonchev–Trinajstić information content (AvgIpc) is 2.41. The first-order valence-corrected chi connectivity index (χ1v) is 6.81. The smallest absolute Gasteiger partial charge is 0.313 e. The van der Waals surface area contributed by atoms with E-state index in [-0.39, 0.29) is 5.75 Å². The number of aliphatic carboxylic acids is 1. The number of carboxylic acids is 1. The lowest BCUT2D eigenvalue weighted by molar-refractivity contribution is -0.133. The van der Waals surface area contributed by atoms with Crippen LogP contribution in [-0.2, 0) is 4.79 Å². The molecule has 2 aromatic rings. The van der Waals surface area contributed by atoms with Gasteiger partial charge >= 0.3 is 5.97 Å². The second-order valence-corrected chi connectivity index (χ2v) is 5.08. The topological polar surface area (TPSA) is 63.1 Å². The summed E-state index contributed by atoms with van der Waals surface area (Å²) in [7, 11) is 0. The van der Waals surface area contributed by atoms with Crippen molar-refractivity contribution >= 4 is 17.7 Å². The molecule has 98 valence electrons. The van der Waals surface area contributed by atoms with Crippen LogP contribution in [0.1, 0.15) is 11.3 Å². The minimum Gasteiger partial charge on any atom is -0.481 e. The highest BCUT2D eigenvalue weighted by Gasteiger charge is 2.11. The van der Waals surface area contributed by atoms with Crippen molar-refractivity contribution in [2.24, 2.45) is 0 Å². The first kappa shape index (κ1) is 13.5. The normalized spacial score (nSPS) is 10.4. The number of thioether (sulfide) groups is 1. The van der Waals surface area contributed by atoms with E-state index in [0.29, 0.717) is 5.82 Å². The van der Waals surface area contributed by atoms with Crippen LogP contribution < -0.4 is 0 Å². The second kappa shape index (κ2) is 5.84. The Morgan fingerprint density at radius 3 is 2.53 bits per heavy atom. The Morgan fingerprint density at radius 2 is 1.89 bits per heavy atom. The molecule has 0 saturated carbocycles. The van der Waals surface area contributed by atoms with Gasteiger partial charge in [0.2, 0.25) is 0 Å². The largest absolute Gasteiger partial charge is 0.481 e. The van der Waals surface area contributed by atoms with Crippen LogP contribution in [-0.4, -0.2) is 26.8 Å². The van der Waals surface area contributed by atoms with Gasteiger partial charge in [0.25, 0.3) is 0 Å². The lowest BCUT2D eigenvalue weighted by atomic mass is 10.2. The zero-order chi connectivity index (χ0) is 13.8. The van der Waals surface area contributed by atoms with E-state index in [1.807, 2.05) is 44.2 Å². The van der Waals surface area contributed by atoms with E-state index in [9.17, 15) is 4.79 Å². The summed E-state index contributed by atoms with van der Waals surface area (Å²) in [5.74, 6) is -0.204. The maximum absolute atomic E-state index is 10.7. The summed E-state index contributed by atoms with van der Waals surface area (Å²) in [4.78, 5) is 19.6. The lowest BCUT2D eigenvalue weighted by Gasteiger charge is -2.09. The van der Waals surface area contributed by atoms with Crippen molar-refractivity contribution in [3.8, 4) is 11.4 Å². The number of benzene rings is 1. The number of hydrogen-bond donors (Lipinski definition) is 1. The summed E-state index contributed by atoms with van der Waals surface area (Å²) in [6.07, 6.45) is 0. The molecule has 0 fully saturated rings. The van der Waals surface area contributed by atoms with E-state index in [2.05, 4.69) is 9.97 Å². The standard InChI is InChI=1S/C14H14N2O2S/c1-9-10(2)15-13(11-6-4-3-5-7-11)16-14(9)19-8-12(17)18/h3-7H,8H2,1-2H3,(H,17,18). The van der Waals surface area contributed by atoms with Gasteiger partial charge in [-0.1, -0.05) is 42.1 Å². The quantitative estimate of drug-likeness (QED) is 0.686. The third-order valence-electron chi connectivity index (χ3n) is 2.71. The van der Waals surface area contributed by atoms with Crippen molar-refractivity contribution in [1.82, 2.24) is 9.97 Å². The molecule has 5 heteroatoms. The van der Waals surface area contributed by atoms with Gasteiger partial charge in [-0.25, -0.2) is 9.97 Å². The van der Waals surface area contributed by atoms with Crippen LogP contribution in [0, 0.1) is 13.8 Å². The third kappa shape index (κ3) is 3.32. The molecule has 0 aliphatic rings. The third-order valence-corrected chi connectivity index (χ3v) is 3.77. The van der Waals surface area contributed by atoms with Crippen molar-refractivity contribution in [2.75, 3.05) is 5.75 Å². The molecule has 1 aromatic heterocycles. The molecule has 19 heavy (non-hydrogen) atoms. The minimum atomic E-state index is -0.845. The molecule has 4 nitrogen and oxygen atoms in total. The molecule has 0 saturated heterocycles. The summed E-state index contributed by atoms with van der Waals surface area (Å²) in [5.41, 5.74) is 2.75. The molecule has 0 aliphatic heterocycles. The fraction of sp³-hybridized carbons (Fsp3) is 0.214. The van der Waals surface area contributed by atoms with Crippen LogP contribution in [0.2, 0.25) is 0 Å². The van der Waals surface area contributed by atoms with Crippen LogP contribution in [0.25, 0.3) is 11.4 Å². The van der Waals surface area contributed by atoms with Crippen LogP contribution >= 0.6 is 11.8 Å². The molecule has 0 spiro atoms. The fourth-order valence-electron chi connectivity index (χ4n) is 1.59. The van der Waals surface area contributed by atoms with Crippen molar-refractivity contribution in [1.29, 1.82) is 0 Å². The van der Waals surface area contributed by atoms with Crippen molar-refractivity contribution in [2.45, 2.75) is 18.9 Å². The molecule has 0 atom stereocenters. The summed E-state index contributed by atoms with van der Waals surface area (Å²) < 4.78 is 0. The Bertz CT molecular complexity index is 600. The number of rotatable bonds is 4. The number of hydrogen-bond acceptors (Lipinski definition) is 4. The summed E-state index contributed by atoms with van der Waals surface area (Å²) >= 11 is 1.23. The maximum Gasteiger partial charge on any atom is 0.313 e. The van der Waals surface area contributed by atoms with Gasteiger partial charge in [0.15, 0.2) is 5.82 Å². The molecule has 0 unspecified atom stereocenters. The van der Waals surface area contributed by atoms with Crippen molar-refractivity contribution in [3.63, 3.8) is 0 Å². The van der Waals surface area contributed by atoms with Gasteiger partial charge in [0.1, 0.15) is 5.03 Å². The number of carbonyl (C=O) groups is 1. The van der Waals surface area contributed by atoms with E-state index in [4.69, 9.17) is 5.11 Å². The Kier molecular flexibility index (Phi) is 4.16. The second-order valence-electron chi connectivity index (χ2n) is 4.11. The summed E-state index contributed by atoms with van der Waals surface area (Å²) in [6.45, 7) is 3.82. The van der Waals surface area contributed by atoms with Crippen molar-refractivity contribution in [3.05, 3.63) is 41.6 Å². The fourth-order valence-corrected chi connectivity index (χ4v) is 2.36. The zero-order valence-corrected chi connectivity index (χ0v) is 11.6. The Morgan fingerprint density at radius 1 is 1.21 bits per heavy atom. The Balaban J connectivity index is 2.39. The molecule has 0 radical (unpaired) electrons. The van der Waals surface area contributed by atoms with Gasteiger partial charge in [0.05, 0.1) is 5.75 Å². The molecule has 0 amide bonds. The first-order chi connectivity index (χ1) is 9.08. The Hall–Kier alpha value is -1.88. The highest BCUT2D eigenvalue weighted by Crippen LogP contribution is 2.25. The highest BCUT2D eigenvalue weighted by molar-refractivity contribution is 7.99. The van der Waals surface area contributed by atoms with Gasteiger partial charge in [-0.2, -0.15) is 0 Å². The molecule has 0 aliphatic carbocycles. The van der Waals surface area contributed by atoms with E-state index in [1.165, 1.54) is 11.8 Å². The predicted molar refractivity (Wildman–Crippen MR) is 75.3 cm³/mol. The number of nitrogens with zero attached hydrogens (tertiary/aromatic N) is 2. The average molecular weight is 274 g/mol. The van der Waals surface area contributed by atoms with E-state index < -0.39 is 5.97 Å². The lowest BCUT2D eigenvalue weighted by Crippen LogP contribution is -2.02.